The van der Waals surface area contributed by atoms with Crippen molar-refractivity contribution in [2.24, 2.45) is 11.8 Å². The summed E-state index contributed by atoms with van der Waals surface area (Å²) in [6.45, 7) is 7.48. The van der Waals surface area contributed by atoms with Crippen LogP contribution in [0.5, 0.6) is 0 Å². The van der Waals surface area contributed by atoms with Gasteiger partial charge in [0.1, 0.15) is 17.2 Å². The lowest BCUT2D eigenvalue weighted by atomic mass is 9.90. The summed E-state index contributed by atoms with van der Waals surface area (Å²) in [5.41, 5.74) is -1.90. The smallest absolute Gasteiger partial charge is 0.410 e. The molecule has 10 heteroatoms. The Morgan fingerprint density at radius 2 is 1.73 bits per heavy atom. The van der Waals surface area contributed by atoms with E-state index in [1.807, 2.05) is 0 Å². The number of amides is 1. The minimum Gasteiger partial charge on any atom is -0.444 e. The van der Waals surface area contributed by atoms with Crippen LogP contribution in [0.3, 0.4) is 0 Å². The number of cyclic esters (lactones) is 2. The van der Waals surface area contributed by atoms with Crippen LogP contribution in [-0.2, 0) is 34.0 Å². The number of halogens is 2. The van der Waals surface area contributed by atoms with Crippen molar-refractivity contribution in [2.75, 3.05) is 6.54 Å². The third kappa shape index (κ3) is 3.95. The van der Waals surface area contributed by atoms with Gasteiger partial charge in [-0.05, 0) is 56.9 Å². The number of likely N-dealkylation sites (tertiary alicyclic amines) is 1. The minimum atomic E-state index is -1.89. The maximum Gasteiger partial charge on any atom is 0.410 e. The van der Waals surface area contributed by atoms with Crippen molar-refractivity contribution in [3.05, 3.63) is 35.4 Å². The van der Waals surface area contributed by atoms with Crippen molar-refractivity contribution in [3.8, 4) is 0 Å². The lowest BCUT2D eigenvalue weighted by Gasteiger charge is -2.35. The first-order valence-electron chi connectivity index (χ1n) is 10.6. The number of hydrogen-bond acceptors (Lipinski definition) is 7. The number of ether oxygens (including phenoxy) is 3. The summed E-state index contributed by atoms with van der Waals surface area (Å²) in [4.78, 5) is 52.5. The molecule has 1 aromatic rings. The van der Waals surface area contributed by atoms with Crippen molar-refractivity contribution < 1.29 is 42.2 Å². The summed E-state index contributed by atoms with van der Waals surface area (Å²) in [6, 6.07) is 1.74. The van der Waals surface area contributed by atoms with E-state index in [9.17, 15) is 28.0 Å². The van der Waals surface area contributed by atoms with Crippen molar-refractivity contribution in [1.29, 1.82) is 0 Å². The largest absolute Gasteiger partial charge is 0.444 e. The molecule has 1 aromatic carbocycles. The van der Waals surface area contributed by atoms with Crippen molar-refractivity contribution in [1.82, 2.24) is 4.90 Å². The van der Waals surface area contributed by atoms with Gasteiger partial charge in [-0.3, -0.25) is 19.3 Å². The second-order valence-electron chi connectivity index (χ2n) is 10.2. The van der Waals surface area contributed by atoms with Gasteiger partial charge in [0.2, 0.25) is 5.92 Å². The van der Waals surface area contributed by atoms with Crippen LogP contribution in [0.25, 0.3) is 0 Å². The Morgan fingerprint density at radius 3 is 2.30 bits per heavy atom. The Morgan fingerprint density at radius 1 is 1.12 bits per heavy atom. The normalized spacial score (nSPS) is 28.6. The van der Waals surface area contributed by atoms with Gasteiger partial charge in [-0.2, -0.15) is 0 Å². The molecule has 2 heterocycles. The van der Waals surface area contributed by atoms with Crippen LogP contribution in [0.4, 0.5) is 13.6 Å². The highest BCUT2D eigenvalue weighted by Gasteiger charge is 2.71. The first kappa shape index (κ1) is 23.1. The van der Waals surface area contributed by atoms with Gasteiger partial charge in [0.15, 0.2) is 5.78 Å². The van der Waals surface area contributed by atoms with Gasteiger partial charge in [0, 0.05) is 25.8 Å². The number of fused-ring (bicyclic) bond motifs is 1. The summed E-state index contributed by atoms with van der Waals surface area (Å²) < 4.78 is 44.1. The molecule has 3 fully saturated rings. The van der Waals surface area contributed by atoms with E-state index in [4.69, 9.17) is 14.2 Å². The number of Topliss-reactive ketones (excluding diaryl/α,β-unsaturated/α-hetero) is 1. The highest BCUT2D eigenvalue weighted by molar-refractivity contribution is 6.18. The van der Waals surface area contributed by atoms with E-state index in [0.717, 1.165) is 23.1 Å². The Bertz CT molecular complexity index is 1040. The molecule has 2 aliphatic heterocycles. The van der Waals surface area contributed by atoms with E-state index in [1.165, 1.54) is 13.8 Å². The lowest BCUT2D eigenvalue weighted by Crippen LogP contribution is -2.55. The average Bonchev–Trinajstić information content (AvgIpc) is 3.25. The SMILES string of the molecule is CC(C)(C)OC(=O)N1C[C@]2(c3cc(F)ccc3F)C[C@H]2[C@@H]1C(=O)C1C(=O)OC(C)(C)OC1=O. The van der Waals surface area contributed by atoms with E-state index in [0.29, 0.717) is 0 Å². The summed E-state index contributed by atoms with van der Waals surface area (Å²) in [7, 11) is 0. The second-order valence-corrected chi connectivity index (χ2v) is 10.2. The standard InChI is InChI=1S/C23H25F2NO7/c1-21(2,3)33-20(30)26-10-23(12-8-11(24)6-7-14(12)25)9-13(23)16(26)17(27)15-18(28)31-22(4,5)32-19(15)29/h6-8,13,15-16H,9-10H2,1-5H3/t13-,16+,23-/m0/s1. The quantitative estimate of drug-likeness (QED) is 0.500. The fourth-order valence-corrected chi connectivity index (χ4v) is 4.80. The molecule has 8 nitrogen and oxygen atoms in total. The number of benzene rings is 1. The van der Waals surface area contributed by atoms with E-state index in [1.54, 1.807) is 20.8 Å². The average molecular weight is 465 g/mol. The number of nitrogens with zero attached hydrogens (tertiary/aromatic N) is 1. The monoisotopic (exact) mass is 465 g/mol. The number of carbonyl (C=O) groups is 4. The van der Waals surface area contributed by atoms with Gasteiger partial charge in [-0.1, -0.05) is 0 Å². The maximum atomic E-state index is 14.7. The van der Waals surface area contributed by atoms with Gasteiger partial charge in [-0.25, -0.2) is 13.6 Å². The van der Waals surface area contributed by atoms with Crippen LogP contribution in [0, 0.1) is 23.5 Å². The zero-order valence-electron chi connectivity index (χ0n) is 18.9. The first-order chi connectivity index (χ1) is 15.2. The van der Waals surface area contributed by atoms with E-state index >= 15 is 0 Å². The third-order valence-corrected chi connectivity index (χ3v) is 6.14. The molecule has 3 aliphatic rings. The lowest BCUT2D eigenvalue weighted by molar-refractivity contribution is -0.238. The molecule has 0 radical (unpaired) electrons. The number of esters is 2. The number of carbonyl (C=O) groups excluding carboxylic acids is 4. The second kappa shape index (κ2) is 7.23. The van der Waals surface area contributed by atoms with Crippen LogP contribution in [0.1, 0.15) is 46.6 Å². The maximum absolute atomic E-state index is 14.7. The van der Waals surface area contributed by atoms with Crippen LogP contribution < -0.4 is 0 Å². The fraction of sp³-hybridized carbons (Fsp3) is 0.565. The third-order valence-electron chi connectivity index (χ3n) is 6.14. The Hall–Kier alpha value is -3.04. The molecule has 0 N–H and O–H groups in total. The molecular formula is C23H25F2NO7. The molecule has 0 bridgehead atoms. The highest BCUT2D eigenvalue weighted by Crippen LogP contribution is 2.63. The molecule has 1 saturated carbocycles. The summed E-state index contributed by atoms with van der Waals surface area (Å²) >= 11 is 0. The number of hydrogen-bond donors (Lipinski definition) is 0. The molecule has 0 spiro atoms. The molecular weight excluding hydrogens is 440 g/mol. The van der Waals surface area contributed by atoms with Gasteiger partial charge in [0.05, 0.1) is 6.04 Å². The Kier molecular flexibility index (Phi) is 5.07. The first-order valence-corrected chi connectivity index (χ1v) is 10.6. The highest BCUT2D eigenvalue weighted by atomic mass is 19.1. The minimum absolute atomic E-state index is 0.0336. The summed E-state index contributed by atoms with van der Waals surface area (Å²) in [5.74, 6) is -8.44. The molecule has 33 heavy (non-hydrogen) atoms. The Labute approximate surface area is 189 Å². The summed E-state index contributed by atoms with van der Waals surface area (Å²) in [5, 5.41) is 0. The molecule has 4 rings (SSSR count). The molecule has 1 amide bonds. The molecule has 178 valence electrons. The molecule has 1 aliphatic carbocycles. The van der Waals surface area contributed by atoms with Crippen LogP contribution in [0.2, 0.25) is 0 Å². The topological polar surface area (TPSA) is 99.2 Å². The van der Waals surface area contributed by atoms with Gasteiger partial charge >= 0.3 is 18.0 Å². The van der Waals surface area contributed by atoms with Crippen molar-refractivity contribution in [3.63, 3.8) is 0 Å². The zero-order chi connectivity index (χ0) is 24.5. The number of rotatable bonds is 3. The number of piperidine rings is 1. The predicted molar refractivity (Wildman–Crippen MR) is 108 cm³/mol. The van der Waals surface area contributed by atoms with Gasteiger partial charge in [-0.15, -0.1) is 0 Å². The zero-order valence-corrected chi connectivity index (χ0v) is 18.9. The van der Waals surface area contributed by atoms with E-state index in [2.05, 4.69) is 0 Å². The van der Waals surface area contributed by atoms with Crippen LogP contribution in [0.15, 0.2) is 18.2 Å². The van der Waals surface area contributed by atoms with Gasteiger partial charge in [0.25, 0.3) is 5.79 Å². The van der Waals surface area contributed by atoms with E-state index < -0.39 is 70.1 Å². The molecule has 0 aromatic heterocycles. The molecule has 3 atom stereocenters. The number of ketones is 1. The van der Waals surface area contributed by atoms with Crippen LogP contribution in [-0.4, -0.2) is 52.7 Å². The molecule has 2 saturated heterocycles. The van der Waals surface area contributed by atoms with Gasteiger partial charge < -0.3 is 14.2 Å². The van der Waals surface area contributed by atoms with Crippen molar-refractivity contribution in [2.45, 2.75) is 63.9 Å². The fourth-order valence-electron chi connectivity index (χ4n) is 4.80. The molecule has 0 unspecified atom stereocenters. The van der Waals surface area contributed by atoms with E-state index in [-0.39, 0.29) is 18.5 Å². The Balaban J connectivity index is 1.71. The predicted octanol–water partition coefficient (Wildman–Crippen LogP) is 2.86. The van der Waals surface area contributed by atoms with Crippen molar-refractivity contribution >= 4 is 23.8 Å². The summed E-state index contributed by atoms with van der Waals surface area (Å²) in [6.07, 6.45) is -0.590. The van der Waals surface area contributed by atoms with Crippen LogP contribution >= 0.6 is 0 Å².